The van der Waals surface area contributed by atoms with Gasteiger partial charge in [0, 0.05) is 17.9 Å². The van der Waals surface area contributed by atoms with Gasteiger partial charge in [-0.15, -0.1) is 0 Å². The average molecular weight is 251 g/mol. The van der Waals surface area contributed by atoms with Crippen molar-refractivity contribution in [3.05, 3.63) is 36.1 Å². The van der Waals surface area contributed by atoms with E-state index in [2.05, 4.69) is 0 Å². The lowest BCUT2D eigenvalue weighted by Crippen LogP contribution is -1.96. The minimum atomic E-state index is -3.15. The summed E-state index contributed by atoms with van der Waals surface area (Å²) in [4.78, 5) is 0.301. The minimum Gasteiger partial charge on any atom is -0.446 e. The van der Waals surface area contributed by atoms with Crippen molar-refractivity contribution in [2.45, 2.75) is 11.8 Å². The zero-order valence-corrected chi connectivity index (χ0v) is 10.4. The molecule has 2 aromatic rings. The Kier molecular flexibility index (Phi) is 2.71. The highest BCUT2D eigenvalue weighted by Crippen LogP contribution is 2.28. The van der Waals surface area contributed by atoms with Crippen LogP contribution in [0.2, 0.25) is 0 Å². The van der Waals surface area contributed by atoms with Gasteiger partial charge >= 0.3 is 0 Å². The van der Waals surface area contributed by atoms with Gasteiger partial charge in [-0.3, -0.25) is 0 Å². The number of hydrogen-bond acceptors (Lipinski definition) is 4. The lowest BCUT2D eigenvalue weighted by Gasteiger charge is -2.01. The summed E-state index contributed by atoms with van der Waals surface area (Å²) in [5.74, 6) is 1.07. The average Bonchev–Trinajstić information content (AvgIpc) is 2.57. The fourth-order valence-electron chi connectivity index (χ4n) is 1.67. The summed E-state index contributed by atoms with van der Waals surface area (Å²) < 4.78 is 27.9. The summed E-state index contributed by atoms with van der Waals surface area (Å²) in [6.45, 7) is 1.82. The lowest BCUT2D eigenvalue weighted by molar-refractivity contribution is 0.554. The Labute approximate surface area is 100.0 Å². The molecule has 0 radical (unpaired) electrons. The van der Waals surface area contributed by atoms with Gasteiger partial charge in [0.15, 0.2) is 15.7 Å². The van der Waals surface area contributed by atoms with Crippen LogP contribution in [0.15, 0.2) is 39.6 Å². The first-order valence-electron chi connectivity index (χ1n) is 5.04. The molecule has 4 nitrogen and oxygen atoms in total. The molecule has 0 unspecified atom stereocenters. The Morgan fingerprint density at radius 2 is 1.76 bits per heavy atom. The maximum Gasteiger partial charge on any atom is 0.191 e. The molecule has 0 aliphatic rings. The second-order valence-corrected chi connectivity index (χ2v) is 5.93. The molecule has 0 amide bonds. The SMILES string of the molecule is Cc1oc(N)cc1-c1ccc(S(C)(=O)=O)cc1. The Bertz CT molecular complexity index is 639. The molecular weight excluding hydrogens is 238 g/mol. The van der Waals surface area contributed by atoms with Gasteiger partial charge in [-0.2, -0.15) is 0 Å². The maximum atomic E-state index is 11.3. The molecule has 0 spiro atoms. The second-order valence-electron chi connectivity index (χ2n) is 3.92. The molecule has 90 valence electrons. The molecule has 0 saturated carbocycles. The van der Waals surface area contributed by atoms with Crippen molar-refractivity contribution in [1.29, 1.82) is 0 Å². The molecule has 1 aromatic carbocycles. The Morgan fingerprint density at radius 3 is 2.18 bits per heavy atom. The molecule has 0 bridgehead atoms. The number of nitrogens with two attached hydrogens (primary N) is 1. The first-order chi connectivity index (χ1) is 7.88. The third-order valence-electron chi connectivity index (χ3n) is 2.53. The summed E-state index contributed by atoms with van der Waals surface area (Å²) >= 11 is 0. The number of nitrogen functional groups attached to an aromatic ring is 1. The number of hydrogen-bond donors (Lipinski definition) is 1. The minimum absolute atomic E-state index is 0.301. The molecule has 17 heavy (non-hydrogen) atoms. The maximum absolute atomic E-state index is 11.3. The van der Waals surface area contributed by atoms with E-state index in [1.807, 2.05) is 6.92 Å². The van der Waals surface area contributed by atoms with Gasteiger partial charge in [-0.25, -0.2) is 8.42 Å². The molecule has 0 aliphatic heterocycles. The molecule has 2 rings (SSSR count). The third-order valence-corrected chi connectivity index (χ3v) is 3.66. The summed E-state index contributed by atoms with van der Waals surface area (Å²) in [5, 5.41) is 0. The Balaban J connectivity index is 2.46. The fourth-order valence-corrected chi connectivity index (χ4v) is 2.30. The molecular formula is C12H13NO3S. The predicted molar refractivity (Wildman–Crippen MR) is 66.4 cm³/mol. The van der Waals surface area contributed by atoms with E-state index in [0.717, 1.165) is 16.9 Å². The molecule has 5 heteroatoms. The van der Waals surface area contributed by atoms with Crippen molar-refractivity contribution in [2.75, 3.05) is 12.0 Å². The highest BCUT2D eigenvalue weighted by atomic mass is 32.2. The van der Waals surface area contributed by atoms with E-state index in [1.165, 1.54) is 6.26 Å². The highest BCUT2D eigenvalue weighted by molar-refractivity contribution is 7.90. The van der Waals surface area contributed by atoms with Gasteiger partial charge in [0.2, 0.25) is 0 Å². The van der Waals surface area contributed by atoms with Gasteiger partial charge < -0.3 is 10.2 Å². The molecule has 0 atom stereocenters. The van der Waals surface area contributed by atoms with E-state index in [0.29, 0.717) is 10.8 Å². The van der Waals surface area contributed by atoms with E-state index in [1.54, 1.807) is 30.3 Å². The normalized spacial score (nSPS) is 11.6. The van der Waals surface area contributed by atoms with E-state index in [9.17, 15) is 8.42 Å². The van der Waals surface area contributed by atoms with Crippen molar-refractivity contribution in [3.63, 3.8) is 0 Å². The van der Waals surface area contributed by atoms with Crippen LogP contribution in [0.25, 0.3) is 11.1 Å². The van der Waals surface area contributed by atoms with E-state index < -0.39 is 9.84 Å². The third kappa shape index (κ3) is 2.34. The van der Waals surface area contributed by atoms with Gasteiger partial charge in [0.1, 0.15) is 5.76 Å². The van der Waals surface area contributed by atoms with Crippen molar-refractivity contribution in [1.82, 2.24) is 0 Å². The Hall–Kier alpha value is -1.75. The van der Waals surface area contributed by atoms with Gasteiger partial charge in [-0.05, 0) is 24.6 Å². The first kappa shape index (κ1) is 11.7. The standard InChI is InChI=1S/C12H13NO3S/c1-8-11(7-12(13)16-8)9-3-5-10(6-4-9)17(2,14)15/h3-7H,13H2,1-2H3. The van der Waals surface area contributed by atoms with Crippen molar-refractivity contribution in [3.8, 4) is 11.1 Å². The first-order valence-corrected chi connectivity index (χ1v) is 6.93. The number of benzene rings is 1. The van der Waals surface area contributed by atoms with E-state index in [4.69, 9.17) is 10.2 Å². The zero-order chi connectivity index (χ0) is 12.6. The monoisotopic (exact) mass is 251 g/mol. The molecule has 1 aromatic heterocycles. The topological polar surface area (TPSA) is 73.3 Å². The van der Waals surface area contributed by atoms with Crippen molar-refractivity contribution >= 4 is 15.7 Å². The van der Waals surface area contributed by atoms with E-state index in [-0.39, 0.29) is 0 Å². The van der Waals surface area contributed by atoms with Crippen LogP contribution < -0.4 is 5.73 Å². The van der Waals surface area contributed by atoms with Crippen LogP contribution in [0.3, 0.4) is 0 Å². The number of furan rings is 1. The van der Waals surface area contributed by atoms with Crippen LogP contribution in [0.1, 0.15) is 5.76 Å². The Morgan fingerprint density at radius 1 is 1.18 bits per heavy atom. The summed E-state index contributed by atoms with van der Waals surface area (Å²) in [7, 11) is -3.15. The highest BCUT2D eigenvalue weighted by Gasteiger charge is 2.10. The van der Waals surface area contributed by atoms with Gasteiger partial charge in [0.25, 0.3) is 0 Å². The van der Waals surface area contributed by atoms with Crippen LogP contribution in [0, 0.1) is 6.92 Å². The van der Waals surface area contributed by atoms with Gasteiger partial charge in [-0.1, -0.05) is 12.1 Å². The largest absolute Gasteiger partial charge is 0.446 e. The molecule has 0 fully saturated rings. The van der Waals surface area contributed by atoms with Gasteiger partial charge in [0.05, 0.1) is 4.90 Å². The summed E-state index contributed by atoms with van der Waals surface area (Å²) in [5.41, 5.74) is 7.32. The zero-order valence-electron chi connectivity index (χ0n) is 9.60. The summed E-state index contributed by atoms with van der Waals surface area (Å²) in [6.07, 6.45) is 1.18. The molecule has 1 heterocycles. The number of aryl methyl sites for hydroxylation is 1. The smallest absolute Gasteiger partial charge is 0.191 e. The number of rotatable bonds is 2. The second kappa shape index (κ2) is 3.92. The van der Waals surface area contributed by atoms with Crippen molar-refractivity contribution in [2.24, 2.45) is 0 Å². The van der Waals surface area contributed by atoms with Crippen LogP contribution in [0.5, 0.6) is 0 Å². The van der Waals surface area contributed by atoms with Crippen LogP contribution >= 0.6 is 0 Å². The van der Waals surface area contributed by atoms with Crippen LogP contribution in [-0.4, -0.2) is 14.7 Å². The predicted octanol–water partition coefficient (Wildman–Crippen LogP) is 2.24. The molecule has 0 saturated heterocycles. The van der Waals surface area contributed by atoms with E-state index >= 15 is 0 Å². The number of anilines is 1. The van der Waals surface area contributed by atoms with Crippen LogP contribution in [-0.2, 0) is 9.84 Å². The fraction of sp³-hybridized carbons (Fsp3) is 0.167. The summed E-state index contributed by atoms with van der Waals surface area (Å²) in [6, 6.07) is 8.37. The number of sulfone groups is 1. The van der Waals surface area contributed by atoms with Crippen molar-refractivity contribution < 1.29 is 12.8 Å². The lowest BCUT2D eigenvalue weighted by atomic mass is 10.1. The molecule has 0 aliphatic carbocycles. The van der Waals surface area contributed by atoms with Crippen LogP contribution in [0.4, 0.5) is 5.88 Å². The quantitative estimate of drug-likeness (QED) is 0.888. The molecule has 2 N–H and O–H groups in total.